The maximum atomic E-state index is 6.01. The Morgan fingerprint density at radius 1 is 1.29 bits per heavy atom. The predicted molar refractivity (Wildman–Crippen MR) is 80.7 cm³/mol. The van der Waals surface area contributed by atoms with Crippen molar-refractivity contribution in [2.24, 2.45) is 0 Å². The van der Waals surface area contributed by atoms with Gasteiger partial charge in [-0.15, -0.1) is 0 Å². The molecular formula is C17H21NO3. The molecule has 4 nitrogen and oxygen atoms in total. The Morgan fingerprint density at radius 2 is 2.14 bits per heavy atom. The molecule has 3 rings (SSSR count). The summed E-state index contributed by atoms with van der Waals surface area (Å²) in [7, 11) is 1.91. The number of para-hydroxylation sites is 1. The van der Waals surface area contributed by atoms with Gasteiger partial charge >= 0.3 is 0 Å². The molecule has 0 amide bonds. The zero-order valence-corrected chi connectivity index (χ0v) is 12.7. The maximum Gasteiger partial charge on any atom is 0.165 e. The van der Waals surface area contributed by atoms with Crippen molar-refractivity contribution >= 4 is 0 Å². The minimum atomic E-state index is -0.163. The van der Waals surface area contributed by atoms with Crippen LogP contribution in [-0.4, -0.2) is 12.6 Å². The third-order valence-corrected chi connectivity index (χ3v) is 3.62. The van der Waals surface area contributed by atoms with Crippen molar-refractivity contribution in [1.29, 1.82) is 0 Å². The minimum absolute atomic E-state index is 0.163. The second kappa shape index (κ2) is 5.45. The highest BCUT2D eigenvalue weighted by Crippen LogP contribution is 2.42. The van der Waals surface area contributed by atoms with Crippen molar-refractivity contribution in [3.05, 3.63) is 47.4 Å². The van der Waals surface area contributed by atoms with Crippen molar-refractivity contribution in [3.8, 4) is 11.5 Å². The second-order valence-corrected chi connectivity index (χ2v) is 5.97. The number of furan rings is 1. The summed E-state index contributed by atoms with van der Waals surface area (Å²) in [4.78, 5) is 0. The summed E-state index contributed by atoms with van der Waals surface area (Å²) >= 11 is 0. The number of nitrogens with one attached hydrogen (secondary N) is 1. The van der Waals surface area contributed by atoms with Crippen LogP contribution in [0.2, 0.25) is 0 Å². The molecule has 0 atom stereocenters. The molecule has 2 aromatic rings. The molecule has 0 saturated heterocycles. The zero-order chi connectivity index (χ0) is 14.9. The lowest BCUT2D eigenvalue weighted by Gasteiger charge is -2.18. The normalized spacial score (nSPS) is 15.6. The molecule has 0 aliphatic carbocycles. The van der Waals surface area contributed by atoms with Crippen LogP contribution in [0.25, 0.3) is 0 Å². The van der Waals surface area contributed by atoms with Crippen LogP contribution < -0.4 is 14.8 Å². The Balaban J connectivity index is 1.75. The van der Waals surface area contributed by atoms with Gasteiger partial charge in [-0.05, 0) is 33.0 Å². The van der Waals surface area contributed by atoms with E-state index >= 15 is 0 Å². The Kier molecular flexibility index (Phi) is 3.64. The SMILES string of the molecule is CNCc1ccoc1COc1cccc2c1OC(C)(C)C2. The van der Waals surface area contributed by atoms with Gasteiger partial charge in [0.15, 0.2) is 11.5 Å². The lowest BCUT2D eigenvalue weighted by molar-refractivity contribution is 0.130. The molecule has 2 heterocycles. The highest BCUT2D eigenvalue weighted by molar-refractivity contribution is 5.50. The maximum absolute atomic E-state index is 6.01. The van der Waals surface area contributed by atoms with E-state index in [2.05, 4.69) is 25.2 Å². The minimum Gasteiger partial charge on any atom is -0.483 e. The van der Waals surface area contributed by atoms with E-state index < -0.39 is 0 Å². The van der Waals surface area contributed by atoms with Crippen LogP contribution in [0, 0.1) is 0 Å². The summed E-state index contributed by atoms with van der Waals surface area (Å²) < 4.78 is 17.4. The van der Waals surface area contributed by atoms with Gasteiger partial charge in [-0.1, -0.05) is 12.1 Å². The van der Waals surface area contributed by atoms with Gasteiger partial charge in [0.1, 0.15) is 18.0 Å². The molecule has 0 saturated carbocycles. The van der Waals surface area contributed by atoms with E-state index in [0.29, 0.717) is 6.61 Å². The second-order valence-electron chi connectivity index (χ2n) is 5.97. The molecule has 0 fully saturated rings. The third kappa shape index (κ3) is 2.90. The van der Waals surface area contributed by atoms with E-state index in [1.165, 1.54) is 5.56 Å². The van der Waals surface area contributed by atoms with E-state index in [9.17, 15) is 0 Å². The first-order chi connectivity index (χ1) is 10.1. The fourth-order valence-corrected chi connectivity index (χ4v) is 2.69. The van der Waals surface area contributed by atoms with Crippen LogP contribution in [0.3, 0.4) is 0 Å². The highest BCUT2D eigenvalue weighted by atomic mass is 16.5. The van der Waals surface area contributed by atoms with Crippen LogP contribution >= 0.6 is 0 Å². The van der Waals surface area contributed by atoms with Gasteiger partial charge in [0.05, 0.1) is 6.26 Å². The predicted octanol–water partition coefficient (Wildman–Crippen LogP) is 3.29. The fourth-order valence-electron chi connectivity index (χ4n) is 2.69. The topological polar surface area (TPSA) is 43.6 Å². The van der Waals surface area contributed by atoms with Crippen molar-refractivity contribution in [2.75, 3.05) is 7.05 Å². The molecule has 0 spiro atoms. The van der Waals surface area contributed by atoms with Crippen molar-refractivity contribution in [2.45, 2.75) is 39.0 Å². The first-order valence-electron chi connectivity index (χ1n) is 7.22. The quantitative estimate of drug-likeness (QED) is 0.916. The van der Waals surface area contributed by atoms with Crippen molar-refractivity contribution < 1.29 is 13.9 Å². The number of hydrogen-bond donors (Lipinski definition) is 1. The van der Waals surface area contributed by atoms with Gasteiger partial charge in [-0.25, -0.2) is 0 Å². The first kappa shape index (κ1) is 14.0. The Labute approximate surface area is 125 Å². The summed E-state index contributed by atoms with van der Waals surface area (Å²) in [6.45, 7) is 5.36. The smallest absolute Gasteiger partial charge is 0.165 e. The molecule has 1 aromatic carbocycles. The third-order valence-electron chi connectivity index (χ3n) is 3.62. The molecule has 1 aromatic heterocycles. The molecule has 0 radical (unpaired) electrons. The monoisotopic (exact) mass is 287 g/mol. The summed E-state index contributed by atoms with van der Waals surface area (Å²) in [6, 6.07) is 8.01. The van der Waals surface area contributed by atoms with Crippen LogP contribution in [0.4, 0.5) is 0 Å². The number of benzene rings is 1. The highest BCUT2D eigenvalue weighted by Gasteiger charge is 2.32. The number of hydrogen-bond acceptors (Lipinski definition) is 4. The number of ether oxygens (including phenoxy) is 2. The Morgan fingerprint density at radius 3 is 2.95 bits per heavy atom. The van der Waals surface area contributed by atoms with E-state index in [0.717, 1.165) is 35.8 Å². The van der Waals surface area contributed by atoms with Gasteiger partial charge in [-0.3, -0.25) is 0 Å². The van der Waals surface area contributed by atoms with Crippen LogP contribution in [0.5, 0.6) is 11.5 Å². The molecule has 21 heavy (non-hydrogen) atoms. The average molecular weight is 287 g/mol. The summed E-state index contributed by atoms with van der Waals surface area (Å²) in [5.41, 5.74) is 2.16. The van der Waals surface area contributed by atoms with E-state index in [4.69, 9.17) is 13.9 Å². The number of fused-ring (bicyclic) bond motifs is 1. The number of rotatable bonds is 5. The van der Waals surface area contributed by atoms with Gasteiger partial charge in [0, 0.05) is 24.1 Å². The molecule has 0 unspecified atom stereocenters. The first-order valence-corrected chi connectivity index (χ1v) is 7.22. The molecule has 1 aliphatic rings. The van der Waals surface area contributed by atoms with Gasteiger partial charge in [-0.2, -0.15) is 0 Å². The lowest BCUT2D eigenvalue weighted by atomic mass is 10.0. The van der Waals surface area contributed by atoms with Gasteiger partial charge < -0.3 is 19.2 Å². The Hall–Kier alpha value is -1.94. The summed E-state index contributed by atoms with van der Waals surface area (Å²) in [5.74, 6) is 2.49. The van der Waals surface area contributed by atoms with Crippen LogP contribution in [-0.2, 0) is 19.6 Å². The van der Waals surface area contributed by atoms with E-state index in [-0.39, 0.29) is 5.60 Å². The molecule has 1 N–H and O–H groups in total. The van der Waals surface area contributed by atoms with Gasteiger partial charge in [0.2, 0.25) is 0 Å². The lowest BCUT2D eigenvalue weighted by Crippen LogP contribution is -2.24. The zero-order valence-electron chi connectivity index (χ0n) is 12.7. The van der Waals surface area contributed by atoms with E-state index in [1.807, 2.05) is 25.2 Å². The largest absolute Gasteiger partial charge is 0.483 e. The summed E-state index contributed by atoms with van der Waals surface area (Å²) in [6.07, 6.45) is 2.60. The molecule has 0 bridgehead atoms. The summed E-state index contributed by atoms with van der Waals surface area (Å²) in [5, 5.41) is 3.12. The molecule has 112 valence electrons. The average Bonchev–Trinajstić information content (AvgIpc) is 2.99. The van der Waals surface area contributed by atoms with Gasteiger partial charge in [0.25, 0.3) is 0 Å². The standard InChI is InChI=1S/C17H21NO3/c1-17(2)9-12-5-4-6-14(16(12)21-17)20-11-15-13(10-18-3)7-8-19-15/h4-8,18H,9-11H2,1-3H3. The van der Waals surface area contributed by atoms with Crippen LogP contribution in [0.15, 0.2) is 34.9 Å². The fraction of sp³-hybridized carbons (Fsp3) is 0.412. The molecular weight excluding hydrogens is 266 g/mol. The van der Waals surface area contributed by atoms with Crippen molar-refractivity contribution in [3.63, 3.8) is 0 Å². The Bertz CT molecular complexity index is 631. The molecule has 1 aliphatic heterocycles. The van der Waals surface area contributed by atoms with E-state index in [1.54, 1.807) is 6.26 Å². The van der Waals surface area contributed by atoms with Crippen LogP contribution in [0.1, 0.15) is 30.7 Å². The molecule has 4 heteroatoms. The van der Waals surface area contributed by atoms with Crippen molar-refractivity contribution in [1.82, 2.24) is 5.32 Å².